The summed E-state index contributed by atoms with van der Waals surface area (Å²) in [5, 5.41) is 6.00. The summed E-state index contributed by atoms with van der Waals surface area (Å²) in [5.41, 5.74) is 0.959. The van der Waals surface area contributed by atoms with E-state index in [-0.39, 0.29) is 6.03 Å². The van der Waals surface area contributed by atoms with Crippen molar-refractivity contribution in [3.63, 3.8) is 0 Å². The Morgan fingerprint density at radius 3 is 3.19 bits per heavy atom. The molecule has 1 aromatic heterocycles. The number of hydrogen-bond acceptors (Lipinski definition) is 4. The summed E-state index contributed by atoms with van der Waals surface area (Å²) in [5.74, 6) is 0. The van der Waals surface area contributed by atoms with Crippen LogP contribution in [0.1, 0.15) is 5.69 Å². The van der Waals surface area contributed by atoms with Gasteiger partial charge in [0, 0.05) is 38.9 Å². The molecule has 1 fully saturated rings. The van der Waals surface area contributed by atoms with Crippen LogP contribution < -0.4 is 10.6 Å². The van der Waals surface area contributed by atoms with E-state index in [1.54, 1.807) is 11.1 Å². The van der Waals surface area contributed by atoms with E-state index in [4.69, 9.17) is 0 Å². The van der Waals surface area contributed by atoms with Crippen LogP contribution in [0.3, 0.4) is 0 Å². The molecule has 0 saturated carbocycles. The molecule has 1 aliphatic heterocycles. The SMILES string of the molecule is O=C1NCCN1CCNCc1ccncn1. The van der Waals surface area contributed by atoms with Gasteiger partial charge in [0.1, 0.15) is 6.33 Å². The van der Waals surface area contributed by atoms with Crippen molar-refractivity contribution in [3.8, 4) is 0 Å². The van der Waals surface area contributed by atoms with Crippen molar-refractivity contribution in [2.45, 2.75) is 6.54 Å². The maximum absolute atomic E-state index is 11.2. The number of nitrogens with one attached hydrogen (secondary N) is 2. The Morgan fingerprint density at radius 1 is 1.56 bits per heavy atom. The predicted octanol–water partition coefficient (Wildman–Crippen LogP) is -0.409. The first-order chi connectivity index (χ1) is 7.86. The summed E-state index contributed by atoms with van der Waals surface area (Å²) in [7, 11) is 0. The van der Waals surface area contributed by atoms with E-state index in [2.05, 4.69) is 20.6 Å². The van der Waals surface area contributed by atoms with Gasteiger partial charge in [-0.25, -0.2) is 14.8 Å². The maximum Gasteiger partial charge on any atom is 0.317 e. The van der Waals surface area contributed by atoms with Crippen LogP contribution in [-0.2, 0) is 6.54 Å². The third-order valence-electron chi connectivity index (χ3n) is 2.45. The first-order valence-corrected chi connectivity index (χ1v) is 5.34. The number of carbonyl (C=O) groups is 1. The highest BCUT2D eigenvalue weighted by molar-refractivity contribution is 5.76. The van der Waals surface area contributed by atoms with Gasteiger partial charge in [0.05, 0.1) is 5.69 Å². The molecule has 0 atom stereocenters. The largest absolute Gasteiger partial charge is 0.336 e. The standard InChI is InChI=1S/C10H15N5O/c16-10-13-4-6-15(10)5-3-11-7-9-1-2-12-8-14-9/h1-2,8,11H,3-7H2,(H,13,16). The minimum absolute atomic E-state index is 0.0313. The van der Waals surface area contributed by atoms with E-state index in [0.29, 0.717) is 6.54 Å². The van der Waals surface area contributed by atoms with Crippen molar-refractivity contribution in [2.75, 3.05) is 26.2 Å². The van der Waals surface area contributed by atoms with Gasteiger partial charge in [-0.2, -0.15) is 0 Å². The fraction of sp³-hybridized carbons (Fsp3) is 0.500. The molecule has 0 unspecified atom stereocenters. The van der Waals surface area contributed by atoms with E-state index in [1.165, 1.54) is 6.33 Å². The summed E-state index contributed by atoms with van der Waals surface area (Å²) < 4.78 is 0. The number of aromatic nitrogens is 2. The zero-order valence-corrected chi connectivity index (χ0v) is 9.02. The van der Waals surface area contributed by atoms with Gasteiger partial charge < -0.3 is 15.5 Å². The molecule has 2 N–H and O–H groups in total. The zero-order valence-electron chi connectivity index (χ0n) is 9.02. The van der Waals surface area contributed by atoms with Gasteiger partial charge in [-0.05, 0) is 6.07 Å². The van der Waals surface area contributed by atoms with Gasteiger partial charge in [0.2, 0.25) is 0 Å². The molecular weight excluding hydrogens is 206 g/mol. The van der Waals surface area contributed by atoms with E-state index >= 15 is 0 Å². The van der Waals surface area contributed by atoms with Crippen molar-refractivity contribution < 1.29 is 4.79 Å². The van der Waals surface area contributed by atoms with E-state index in [0.717, 1.165) is 31.9 Å². The summed E-state index contributed by atoms with van der Waals surface area (Å²) in [6.07, 6.45) is 3.25. The van der Waals surface area contributed by atoms with Gasteiger partial charge in [0.15, 0.2) is 0 Å². The third-order valence-corrected chi connectivity index (χ3v) is 2.45. The van der Waals surface area contributed by atoms with Crippen LogP contribution in [-0.4, -0.2) is 47.1 Å². The molecule has 2 rings (SSSR count). The van der Waals surface area contributed by atoms with Crippen LogP contribution in [0, 0.1) is 0 Å². The molecular formula is C10H15N5O. The number of urea groups is 1. The predicted molar refractivity (Wildman–Crippen MR) is 58.7 cm³/mol. The van der Waals surface area contributed by atoms with Crippen molar-refractivity contribution in [3.05, 3.63) is 24.3 Å². The molecule has 2 amide bonds. The number of nitrogens with zero attached hydrogens (tertiary/aromatic N) is 3. The van der Waals surface area contributed by atoms with Crippen LogP contribution in [0.5, 0.6) is 0 Å². The summed E-state index contributed by atoms with van der Waals surface area (Å²) in [4.78, 5) is 20.9. The average molecular weight is 221 g/mol. The highest BCUT2D eigenvalue weighted by Gasteiger charge is 2.17. The molecule has 6 nitrogen and oxygen atoms in total. The second-order valence-corrected chi connectivity index (χ2v) is 3.60. The Kier molecular flexibility index (Phi) is 3.66. The van der Waals surface area contributed by atoms with Crippen molar-refractivity contribution in [1.82, 2.24) is 25.5 Å². The van der Waals surface area contributed by atoms with E-state index in [9.17, 15) is 4.79 Å². The minimum atomic E-state index is 0.0313. The average Bonchev–Trinajstić information content (AvgIpc) is 2.72. The second kappa shape index (κ2) is 5.41. The number of rotatable bonds is 5. The quantitative estimate of drug-likeness (QED) is 0.663. The molecule has 16 heavy (non-hydrogen) atoms. The van der Waals surface area contributed by atoms with E-state index in [1.807, 2.05) is 6.07 Å². The smallest absolute Gasteiger partial charge is 0.317 e. The van der Waals surface area contributed by atoms with Gasteiger partial charge >= 0.3 is 6.03 Å². The van der Waals surface area contributed by atoms with Gasteiger partial charge in [0.25, 0.3) is 0 Å². The van der Waals surface area contributed by atoms with Crippen LogP contribution in [0.15, 0.2) is 18.6 Å². The van der Waals surface area contributed by atoms with Crippen molar-refractivity contribution >= 4 is 6.03 Å². The fourth-order valence-corrected chi connectivity index (χ4v) is 1.58. The van der Waals surface area contributed by atoms with Crippen LogP contribution in [0.2, 0.25) is 0 Å². The molecule has 1 aromatic rings. The molecule has 0 radical (unpaired) electrons. The molecule has 6 heteroatoms. The van der Waals surface area contributed by atoms with Crippen molar-refractivity contribution in [1.29, 1.82) is 0 Å². The topological polar surface area (TPSA) is 70.2 Å². The maximum atomic E-state index is 11.2. The first-order valence-electron chi connectivity index (χ1n) is 5.34. The molecule has 0 bridgehead atoms. The normalized spacial score (nSPS) is 15.2. The molecule has 0 spiro atoms. The Balaban J connectivity index is 1.64. The lowest BCUT2D eigenvalue weighted by atomic mass is 10.4. The Hall–Kier alpha value is -1.69. The molecule has 0 aromatic carbocycles. The van der Waals surface area contributed by atoms with Crippen LogP contribution in [0.4, 0.5) is 4.79 Å². The van der Waals surface area contributed by atoms with Crippen LogP contribution in [0.25, 0.3) is 0 Å². The third kappa shape index (κ3) is 2.90. The molecule has 1 saturated heterocycles. The fourth-order valence-electron chi connectivity index (χ4n) is 1.58. The Morgan fingerprint density at radius 2 is 2.50 bits per heavy atom. The Labute approximate surface area is 94.1 Å². The lowest BCUT2D eigenvalue weighted by molar-refractivity contribution is 0.217. The summed E-state index contributed by atoms with van der Waals surface area (Å²) >= 11 is 0. The second-order valence-electron chi connectivity index (χ2n) is 3.60. The molecule has 1 aliphatic rings. The monoisotopic (exact) mass is 221 g/mol. The van der Waals surface area contributed by atoms with Crippen molar-refractivity contribution in [2.24, 2.45) is 0 Å². The summed E-state index contributed by atoms with van der Waals surface area (Å²) in [6, 6.07) is 1.90. The minimum Gasteiger partial charge on any atom is -0.336 e. The summed E-state index contributed by atoms with van der Waals surface area (Å²) in [6.45, 7) is 3.77. The van der Waals surface area contributed by atoms with E-state index < -0.39 is 0 Å². The molecule has 2 heterocycles. The van der Waals surface area contributed by atoms with Crippen LogP contribution >= 0.6 is 0 Å². The van der Waals surface area contributed by atoms with Gasteiger partial charge in [-0.1, -0.05) is 0 Å². The lowest BCUT2D eigenvalue weighted by Gasteiger charge is -2.13. The molecule has 86 valence electrons. The first kappa shape index (κ1) is 10.8. The highest BCUT2D eigenvalue weighted by atomic mass is 16.2. The number of amides is 2. The lowest BCUT2D eigenvalue weighted by Crippen LogP contribution is -2.34. The Bertz CT molecular complexity index is 342. The molecule has 0 aliphatic carbocycles. The zero-order chi connectivity index (χ0) is 11.2. The number of hydrogen-bond donors (Lipinski definition) is 2. The number of carbonyl (C=O) groups excluding carboxylic acids is 1. The highest BCUT2D eigenvalue weighted by Crippen LogP contribution is 1.95. The van der Waals surface area contributed by atoms with Gasteiger partial charge in [-0.3, -0.25) is 0 Å². The van der Waals surface area contributed by atoms with Gasteiger partial charge in [-0.15, -0.1) is 0 Å².